The van der Waals surface area contributed by atoms with Crippen molar-refractivity contribution in [2.75, 3.05) is 32.1 Å². The van der Waals surface area contributed by atoms with E-state index in [1.807, 2.05) is 0 Å². The molecular weight excluding hydrogens is 267 g/mol. The molecule has 0 spiro atoms. The van der Waals surface area contributed by atoms with Crippen LogP contribution >= 0.6 is 0 Å². The Bertz CT molecular complexity index is 475. The molecule has 5 heteroatoms. The monoisotopic (exact) mass is 294 g/mol. The fourth-order valence-electron chi connectivity index (χ4n) is 2.94. The zero-order valence-corrected chi connectivity index (χ0v) is 13.7. The van der Waals surface area contributed by atoms with Crippen LogP contribution in [0, 0.1) is 11.7 Å². The van der Waals surface area contributed by atoms with E-state index in [1.165, 1.54) is 0 Å². The molecular formula is C16H27FN4. The van der Waals surface area contributed by atoms with Crippen LogP contribution < -0.4 is 10.2 Å². The van der Waals surface area contributed by atoms with Crippen molar-refractivity contribution < 1.29 is 4.39 Å². The van der Waals surface area contributed by atoms with Crippen LogP contribution in [0.2, 0.25) is 0 Å². The average Bonchev–Trinajstić information content (AvgIpc) is 2.79. The number of aromatic nitrogens is 1. The maximum absolute atomic E-state index is 14.7. The van der Waals surface area contributed by atoms with E-state index < -0.39 is 0 Å². The quantitative estimate of drug-likeness (QED) is 0.901. The van der Waals surface area contributed by atoms with Gasteiger partial charge in [-0.05, 0) is 26.1 Å². The Morgan fingerprint density at radius 2 is 2.14 bits per heavy atom. The van der Waals surface area contributed by atoms with E-state index in [1.54, 1.807) is 12.3 Å². The standard InChI is InChI=1S/C16H27FN4/c1-11(2)19-8-13-6-7-18-16(15(13)17)21-9-12(3)14(10-21)20(4)5/h6-7,11-12,14,19H,8-10H2,1-5H3. The highest BCUT2D eigenvalue weighted by Gasteiger charge is 2.33. The van der Waals surface area contributed by atoms with Gasteiger partial charge in [0.05, 0.1) is 0 Å². The molecule has 1 saturated heterocycles. The van der Waals surface area contributed by atoms with Crippen molar-refractivity contribution >= 4 is 5.82 Å². The molecule has 4 nitrogen and oxygen atoms in total. The first-order valence-corrected chi connectivity index (χ1v) is 7.68. The highest BCUT2D eigenvalue weighted by molar-refractivity contribution is 5.44. The summed E-state index contributed by atoms with van der Waals surface area (Å²) < 4.78 is 14.7. The number of anilines is 1. The molecule has 118 valence electrons. The molecule has 0 amide bonds. The van der Waals surface area contributed by atoms with Gasteiger partial charge >= 0.3 is 0 Å². The van der Waals surface area contributed by atoms with Crippen LogP contribution in [0.4, 0.5) is 10.2 Å². The Morgan fingerprint density at radius 1 is 1.43 bits per heavy atom. The summed E-state index contributed by atoms with van der Waals surface area (Å²) in [5, 5.41) is 3.26. The van der Waals surface area contributed by atoms with Crippen molar-refractivity contribution in [3.8, 4) is 0 Å². The second-order valence-electron chi connectivity index (χ2n) is 6.56. The molecule has 1 aromatic heterocycles. The second kappa shape index (κ2) is 6.71. The Kier molecular flexibility index (Phi) is 5.17. The van der Waals surface area contributed by atoms with E-state index in [9.17, 15) is 4.39 Å². The molecule has 0 aromatic carbocycles. The number of rotatable bonds is 5. The van der Waals surface area contributed by atoms with E-state index in [-0.39, 0.29) is 5.82 Å². The Morgan fingerprint density at radius 3 is 2.71 bits per heavy atom. The van der Waals surface area contributed by atoms with Gasteiger partial charge in [0.1, 0.15) is 0 Å². The zero-order valence-electron chi connectivity index (χ0n) is 13.7. The first-order chi connectivity index (χ1) is 9.90. The number of halogens is 1. The summed E-state index contributed by atoms with van der Waals surface area (Å²) in [4.78, 5) is 8.57. The van der Waals surface area contributed by atoms with Crippen molar-refractivity contribution in [1.29, 1.82) is 0 Å². The van der Waals surface area contributed by atoms with Crippen LogP contribution in [0.3, 0.4) is 0 Å². The predicted molar refractivity (Wildman–Crippen MR) is 85.0 cm³/mol. The third-order valence-electron chi connectivity index (χ3n) is 4.19. The van der Waals surface area contributed by atoms with Crippen molar-refractivity contribution in [2.45, 2.75) is 39.4 Å². The molecule has 0 saturated carbocycles. The van der Waals surface area contributed by atoms with Gasteiger partial charge in [-0.25, -0.2) is 9.37 Å². The summed E-state index contributed by atoms with van der Waals surface area (Å²) >= 11 is 0. The first kappa shape index (κ1) is 16.2. The highest BCUT2D eigenvalue weighted by atomic mass is 19.1. The van der Waals surface area contributed by atoms with Gasteiger partial charge in [0.2, 0.25) is 0 Å². The lowest BCUT2D eigenvalue weighted by atomic mass is 10.1. The number of hydrogen-bond acceptors (Lipinski definition) is 4. The lowest BCUT2D eigenvalue weighted by Gasteiger charge is -2.23. The van der Waals surface area contributed by atoms with Crippen LogP contribution in [-0.2, 0) is 6.54 Å². The van der Waals surface area contributed by atoms with Crippen LogP contribution in [0.5, 0.6) is 0 Å². The summed E-state index contributed by atoms with van der Waals surface area (Å²) in [5.41, 5.74) is 0.689. The van der Waals surface area contributed by atoms with E-state index in [2.05, 4.69) is 55.0 Å². The van der Waals surface area contributed by atoms with Gasteiger partial charge in [-0.3, -0.25) is 0 Å². The zero-order chi connectivity index (χ0) is 15.6. The van der Waals surface area contributed by atoms with Gasteiger partial charge in [-0.1, -0.05) is 20.8 Å². The predicted octanol–water partition coefficient (Wildman–Crippen LogP) is 2.10. The first-order valence-electron chi connectivity index (χ1n) is 7.68. The molecule has 1 fully saturated rings. The molecule has 2 unspecified atom stereocenters. The molecule has 0 bridgehead atoms. The number of nitrogens with zero attached hydrogens (tertiary/aromatic N) is 3. The normalized spacial score (nSPS) is 22.6. The molecule has 1 aromatic rings. The Balaban J connectivity index is 2.15. The summed E-state index contributed by atoms with van der Waals surface area (Å²) in [6.45, 7) is 8.56. The number of pyridine rings is 1. The summed E-state index contributed by atoms with van der Waals surface area (Å²) in [6.07, 6.45) is 1.71. The maximum Gasteiger partial charge on any atom is 0.170 e. The lowest BCUT2D eigenvalue weighted by Crippen LogP contribution is -2.34. The van der Waals surface area contributed by atoms with Gasteiger partial charge in [0.25, 0.3) is 0 Å². The van der Waals surface area contributed by atoms with Gasteiger partial charge in [0, 0.05) is 43.5 Å². The van der Waals surface area contributed by atoms with Crippen molar-refractivity contribution in [3.05, 3.63) is 23.6 Å². The Labute approximate surface area is 127 Å². The molecule has 2 heterocycles. The minimum atomic E-state index is -0.183. The van der Waals surface area contributed by atoms with E-state index in [4.69, 9.17) is 0 Å². The van der Waals surface area contributed by atoms with Crippen LogP contribution in [0.25, 0.3) is 0 Å². The minimum absolute atomic E-state index is 0.183. The molecule has 2 rings (SSSR count). The molecule has 21 heavy (non-hydrogen) atoms. The Hall–Kier alpha value is -1.20. The maximum atomic E-state index is 14.7. The number of nitrogens with one attached hydrogen (secondary N) is 1. The smallest absolute Gasteiger partial charge is 0.170 e. The fraction of sp³-hybridized carbons (Fsp3) is 0.688. The number of likely N-dealkylation sites (N-methyl/N-ethyl adjacent to an activating group) is 1. The third kappa shape index (κ3) is 3.71. The lowest BCUT2D eigenvalue weighted by molar-refractivity contribution is 0.266. The summed E-state index contributed by atoms with van der Waals surface area (Å²) in [6, 6.07) is 2.55. The molecule has 1 aliphatic heterocycles. The highest BCUT2D eigenvalue weighted by Crippen LogP contribution is 2.27. The molecule has 2 atom stereocenters. The van der Waals surface area contributed by atoms with Crippen molar-refractivity contribution in [1.82, 2.24) is 15.2 Å². The van der Waals surface area contributed by atoms with E-state index in [0.29, 0.717) is 35.9 Å². The largest absolute Gasteiger partial charge is 0.352 e. The van der Waals surface area contributed by atoms with E-state index >= 15 is 0 Å². The number of hydrogen-bond donors (Lipinski definition) is 1. The molecule has 0 aliphatic carbocycles. The molecule has 0 radical (unpaired) electrons. The van der Waals surface area contributed by atoms with Gasteiger partial charge in [-0.15, -0.1) is 0 Å². The van der Waals surface area contributed by atoms with Crippen LogP contribution in [-0.4, -0.2) is 49.2 Å². The minimum Gasteiger partial charge on any atom is -0.352 e. The van der Waals surface area contributed by atoms with Crippen molar-refractivity contribution in [2.24, 2.45) is 5.92 Å². The average molecular weight is 294 g/mol. The van der Waals surface area contributed by atoms with Crippen molar-refractivity contribution in [3.63, 3.8) is 0 Å². The van der Waals surface area contributed by atoms with Crippen LogP contribution in [0.15, 0.2) is 12.3 Å². The van der Waals surface area contributed by atoms with Gasteiger partial charge in [0.15, 0.2) is 11.6 Å². The van der Waals surface area contributed by atoms with E-state index in [0.717, 1.165) is 13.1 Å². The molecule has 1 aliphatic rings. The van der Waals surface area contributed by atoms with Gasteiger partial charge < -0.3 is 15.1 Å². The SMILES string of the molecule is CC(C)NCc1ccnc(N2CC(C)C(N(C)C)C2)c1F. The summed E-state index contributed by atoms with van der Waals surface area (Å²) in [5.74, 6) is 0.824. The third-order valence-corrected chi connectivity index (χ3v) is 4.19. The molecule has 1 N–H and O–H groups in total. The van der Waals surface area contributed by atoms with Gasteiger partial charge in [-0.2, -0.15) is 0 Å². The topological polar surface area (TPSA) is 31.4 Å². The fourth-order valence-corrected chi connectivity index (χ4v) is 2.94. The van der Waals surface area contributed by atoms with Crippen LogP contribution in [0.1, 0.15) is 26.3 Å². The second-order valence-corrected chi connectivity index (χ2v) is 6.56. The summed E-state index contributed by atoms with van der Waals surface area (Å²) in [7, 11) is 4.16.